The van der Waals surface area contributed by atoms with E-state index in [9.17, 15) is 0 Å². The Hall–Kier alpha value is -0.890. The minimum atomic E-state index is 0. The second kappa shape index (κ2) is 5.86. The molecule has 84 valence electrons. The molecule has 0 amide bonds. The summed E-state index contributed by atoms with van der Waals surface area (Å²) in [6, 6.07) is 6.95. The summed E-state index contributed by atoms with van der Waals surface area (Å²) in [6.07, 6.45) is 5.87. The van der Waals surface area contributed by atoms with Crippen molar-refractivity contribution >= 4 is 0 Å². The third-order valence-corrected chi connectivity index (χ3v) is 3.06. The first-order valence-electron chi connectivity index (χ1n) is 5.54. The molecule has 0 spiro atoms. The zero-order valence-electron chi connectivity index (χ0n) is 8.82. The van der Waals surface area contributed by atoms with Crippen molar-refractivity contribution in [3.63, 3.8) is 0 Å². The van der Waals surface area contributed by atoms with Crippen molar-refractivity contribution in [3.8, 4) is 0 Å². The maximum absolute atomic E-state index is 4.37. The van der Waals surface area contributed by atoms with Crippen LogP contribution in [0.4, 0.5) is 0 Å². The van der Waals surface area contributed by atoms with Crippen molar-refractivity contribution in [3.05, 3.63) is 30.1 Å². The second-order valence-electron chi connectivity index (χ2n) is 4.00. The molecule has 1 aliphatic rings. The minimum absolute atomic E-state index is 0. The van der Waals surface area contributed by atoms with E-state index in [1.807, 2.05) is 12.3 Å². The number of hydrogen-bond acceptors (Lipinski definition) is 2. The molecule has 15 heavy (non-hydrogen) atoms. The van der Waals surface area contributed by atoms with E-state index in [0.717, 1.165) is 12.6 Å². The summed E-state index contributed by atoms with van der Waals surface area (Å²) < 4.78 is 0. The highest BCUT2D eigenvalue weighted by molar-refractivity contribution is 5.03. The van der Waals surface area contributed by atoms with E-state index in [0.29, 0.717) is 0 Å². The topological polar surface area (TPSA) is 16.1 Å². The van der Waals surface area contributed by atoms with Crippen LogP contribution in [0.2, 0.25) is 0 Å². The first-order valence-corrected chi connectivity index (χ1v) is 5.54. The van der Waals surface area contributed by atoms with E-state index in [1.54, 1.807) is 0 Å². The number of hydrogen-bond donors (Lipinski definition) is 0. The van der Waals surface area contributed by atoms with Gasteiger partial charge in [0.25, 0.3) is 0 Å². The van der Waals surface area contributed by atoms with Crippen LogP contribution < -0.4 is 0 Å². The monoisotopic (exact) mass is 206 g/mol. The van der Waals surface area contributed by atoms with Crippen LogP contribution in [0, 0.1) is 0 Å². The van der Waals surface area contributed by atoms with Gasteiger partial charge in [-0.3, -0.25) is 9.88 Å². The largest absolute Gasteiger partial charge is 0.295 e. The average Bonchev–Trinajstić information content (AvgIpc) is 2.67. The predicted octanol–water partition coefficient (Wildman–Crippen LogP) is 3.09. The Bertz CT molecular complexity index is 271. The molecule has 2 rings (SSSR count). The Labute approximate surface area is 93.3 Å². The number of aromatic nitrogens is 1. The van der Waals surface area contributed by atoms with Gasteiger partial charge in [0.2, 0.25) is 0 Å². The highest BCUT2D eigenvalue weighted by Crippen LogP contribution is 2.21. The minimum Gasteiger partial charge on any atom is -0.295 e. The summed E-state index contributed by atoms with van der Waals surface area (Å²) in [7, 11) is 0. The molecule has 2 heteroatoms. The van der Waals surface area contributed by atoms with Gasteiger partial charge in [-0.2, -0.15) is 0 Å². The van der Waals surface area contributed by atoms with Gasteiger partial charge in [-0.05, 0) is 37.9 Å². The Kier molecular flexibility index (Phi) is 4.76. The van der Waals surface area contributed by atoms with Gasteiger partial charge >= 0.3 is 0 Å². The van der Waals surface area contributed by atoms with Crippen molar-refractivity contribution in [1.29, 1.82) is 0 Å². The lowest BCUT2D eigenvalue weighted by molar-refractivity contribution is 0.237. The van der Waals surface area contributed by atoms with Crippen molar-refractivity contribution in [2.45, 2.75) is 46.2 Å². The van der Waals surface area contributed by atoms with Crippen LogP contribution in [-0.2, 0) is 6.54 Å². The lowest BCUT2D eigenvalue weighted by atomic mass is 10.1. The fourth-order valence-corrected chi connectivity index (χ4v) is 2.27. The van der Waals surface area contributed by atoms with Gasteiger partial charge in [0.15, 0.2) is 0 Å². The summed E-state index contributed by atoms with van der Waals surface area (Å²) in [5.74, 6) is 0. The van der Waals surface area contributed by atoms with Gasteiger partial charge in [-0.1, -0.05) is 20.4 Å². The van der Waals surface area contributed by atoms with Gasteiger partial charge in [0.05, 0.1) is 5.69 Å². The molecule has 1 unspecified atom stereocenters. The summed E-state index contributed by atoms with van der Waals surface area (Å²) >= 11 is 0. The molecule has 1 saturated heterocycles. The standard InChI is InChI=1S/C12H18N2.CH4/c1-2-12-7-5-9-14(12)10-11-6-3-4-8-13-11;/h3-4,6,8,12H,2,5,7,9-10H2,1H3;1H4. The molecule has 0 radical (unpaired) electrons. The van der Waals surface area contributed by atoms with Crippen LogP contribution in [-0.4, -0.2) is 22.5 Å². The smallest absolute Gasteiger partial charge is 0.0544 e. The predicted molar refractivity (Wildman–Crippen MR) is 64.7 cm³/mol. The molecular weight excluding hydrogens is 184 g/mol. The zero-order valence-corrected chi connectivity index (χ0v) is 8.82. The summed E-state index contributed by atoms with van der Waals surface area (Å²) in [5.41, 5.74) is 1.20. The van der Waals surface area contributed by atoms with Crippen LogP contribution >= 0.6 is 0 Å². The van der Waals surface area contributed by atoms with Gasteiger partial charge in [0, 0.05) is 18.8 Å². The first kappa shape index (κ1) is 12.2. The van der Waals surface area contributed by atoms with Crippen LogP contribution in [0.3, 0.4) is 0 Å². The second-order valence-corrected chi connectivity index (χ2v) is 4.00. The molecule has 0 aliphatic carbocycles. The fraction of sp³-hybridized carbons (Fsp3) is 0.615. The van der Waals surface area contributed by atoms with E-state index >= 15 is 0 Å². The Morgan fingerprint density at radius 2 is 2.33 bits per heavy atom. The summed E-state index contributed by atoms with van der Waals surface area (Å²) in [5, 5.41) is 0. The zero-order chi connectivity index (χ0) is 9.80. The molecule has 2 heterocycles. The molecule has 1 aromatic heterocycles. The molecule has 1 aromatic rings. The third kappa shape index (κ3) is 3.03. The normalized spacial score (nSPS) is 21.3. The number of pyridine rings is 1. The van der Waals surface area contributed by atoms with Crippen molar-refractivity contribution in [2.75, 3.05) is 6.54 Å². The van der Waals surface area contributed by atoms with E-state index in [-0.39, 0.29) is 7.43 Å². The van der Waals surface area contributed by atoms with E-state index in [1.165, 1.54) is 31.5 Å². The number of rotatable bonds is 3. The Morgan fingerprint density at radius 3 is 3.00 bits per heavy atom. The van der Waals surface area contributed by atoms with Gasteiger partial charge in [-0.25, -0.2) is 0 Å². The Morgan fingerprint density at radius 1 is 1.47 bits per heavy atom. The van der Waals surface area contributed by atoms with Crippen molar-refractivity contribution in [1.82, 2.24) is 9.88 Å². The van der Waals surface area contributed by atoms with E-state index < -0.39 is 0 Å². The molecule has 1 atom stereocenters. The average molecular weight is 206 g/mol. The van der Waals surface area contributed by atoms with Crippen LogP contribution in [0.1, 0.15) is 39.3 Å². The lowest BCUT2D eigenvalue weighted by Gasteiger charge is -2.22. The van der Waals surface area contributed by atoms with Gasteiger partial charge < -0.3 is 0 Å². The van der Waals surface area contributed by atoms with Crippen molar-refractivity contribution < 1.29 is 0 Å². The maximum atomic E-state index is 4.37. The van der Waals surface area contributed by atoms with Gasteiger partial charge in [-0.15, -0.1) is 0 Å². The molecule has 0 aromatic carbocycles. The SMILES string of the molecule is C.CCC1CCCN1Cc1ccccn1. The molecule has 1 aliphatic heterocycles. The molecule has 0 N–H and O–H groups in total. The first-order chi connectivity index (χ1) is 6.90. The number of likely N-dealkylation sites (tertiary alicyclic amines) is 1. The fourth-order valence-electron chi connectivity index (χ4n) is 2.27. The Balaban J connectivity index is 0.00000112. The maximum Gasteiger partial charge on any atom is 0.0544 e. The molecule has 1 fully saturated rings. The highest BCUT2D eigenvalue weighted by Gasteiger charge is 2.22. The quantitative estimate of drug-likeness (QED) is 0.755. The third-order valence-electron chi connectivity index (χ3n) is 3.06. The molecule has 0 saturated carbocycles. The number of nitrogens with zero attached hydrogens (tertiary/aromatic N) is 2. The summed E-state index contributed by atoms with van der Waals surface area (Å²) in [4.78, 5) is 6.93. The lowest BCUT2D eigenvalue weighted by Crippen LogP contribution is -2.28. The van der Waals surface area contributed by atoms with E-state index in [2.05, 4.69) is 28.9 Å². The highest BCUT2D eigenvalue weighted by atomic mass is 15.2. The molecular formula is C13H22N2. The van der Waals surface area contributed by atoms with Crippen LogP contribution in [0.5, 0.6) is 0 Å². The molecule has 2 nitrogen and oxygen atoms in total. The van der Waals surface area contributed by atoms with E-state index in [4.69, 9.17) is 0 Å². The van der Waals surface area contributed by atoms with Crippen LogP contribution in [0.25, 0.3) is 0 Å². The van der Waals surface area contributed by atoms with Crippen LogP contribution in [0.15, 0.2) is 24.4 Å². The summed E-state index contributed by atoms with van der Waals surface area (Å²) in [6.45, 7) is 4.55. The van der Waals surface area contributed by atoms with Gasteiger partial charge in [0.1, 0.15) is 0 Å². The molecule has 0 bridgehead atoms. The van der Waals surface area contributed by atoms with Crippen molar-refractivity contribution in [2.24, 2.45) is 0 Å².